The minimum absolute atomic E-state index is 0.450. The minimum atomic E-state index is 0.450. The molecule has 0 saturated carbocycles. The molecule has 0 aliphatic heterocycles. The summed E-state index contributed by atoms with van der Waals surface area (Å²) in [4.78, 5) is 12.4. The molecule has 0 spiro atoms. The van der Waals surface area contributed by atoms with Crippen LogP contribution in [0.3, 0.4) is 0 Å². The third-order valence-electron chi connectivity index (χ3n) is 2.95. The molecule has 0 N–H and O–H groups in total. The van der Waals surface area contributed by atoms with Gasteiger partial charge in [-0.3, -0.25) is 4.90 Å². The highest BCUT2D eigenvalue weighted by Crippen LogP contribution is 2.28. The third kappa shape index (κ3) is 3.74. The highest BCUT2D eigenvalue weighted by Gasteiger charge is 2.09. The third-order valence-corrected chi connectivity index (χ3v) is 2.95. The van der Waals surface area contributed by atoms with Crippen molar-refractivity contribution in [1.29, 1.82) is 0 Å². The number of hydrogen-bond acceptors (Lipinski definition) is 4. The smallest absolute Gasteiger partial charge is 0.133 e. The zero-order chi connectivity index (χ0) is 13.5. The van der Waals surface area contributed by atoms with Gasteiger partial charge >= 0.3 is 0 Å². The summed E-state index contributed by atoms with van der Waals surface area (Å²) in [7, 11) is 5.25. The lowest BCUT2D eigenvalue weighted by atomic mass is 10.1. The van der Waals surface area contributed by atoms with Crippen LogP contribution in [0.1, 0.15) is 11.1 Å². The van der Waals surface area contributed by atoms with E-state index in [1.54, 1.807) is 14.2 Å². The fraction of sp³-hybridized carbons (Fsp3) is 0.500. The largest absolute Gasteiger partial charge is 0.496 e. The number of likely N-dealkylation sites (N-methyl/N-ethyl adjacent to an activating group) is 1. The van der Waals surface area contributed by atoms with Crippen LogP contribution in [0.5, 0.6) is 11.5 Å². The molecular formula is C14H21NO3. The maximum atomic E-state index is 10.4. The molecule has 0 aliphatic rings. The average molecular weight is 251 g/mol. The van der Waals surface area contributed by atoms with Gasteiger partial charge in [0.2, 0.25) is 0 Å². The Balaban J connectivity index is 2.82. The van der Waals surface area contributed by atoms with Crippen LogP contribution in [-0.2, 0) is 11.2 Å². The molecule has 0 aliphatic carbocycles. The van der Waals surface area contributed by atoms with E-state index in [2.05, 4.69) is 0 Å². The van der Waals surface area contributed by atoms with Gasteiger partial charge in [-0.1, -0.05) is 0 Å². The zero-order valence-corrected chi connectivity index (χ0v) is 11.5. The second-order valence-electron chi connectivity index (χ2n) is 4.31. The lowest BCUT2D eigenvalue weighted by molar-refractivity contribution is -0.108. The number of aldehydes is 1. The van der Waals surface area contributed by atoms with Crippen molar-refractivity contribution >= 4 is 6.29 Å². The van der Waals surface area contributed by atoms with E-state index < -0.39 is 0 Å². The predicted molar refractivity (Wildman–Crippen MR) is 71.5 cm³/mol. The van der Waals surface area contributed by atoms with E-state index in [9.17, 15) is 4.79 Å². The van der Waals surface area contributed by atoms with Crippen LogP contribution in [0, 0.1) is 6.92 Å². The van der Waals surface area contributed by atoms with Crippen molar-refractivity contribution in [1.82, 2.24) is 4.90 Å². The summed E-state index contributed by atoms with van der Waals surface area (Å²) in [5.74, 6) is 1.73. The van der Waals surface area contributed by atoms with Crippen LogP contribution in [0.15, 0.2) is 12.1 Å². The van der Waals surface area contributed by atoms with Gasteiger partial charge in [0, 0.05) is 6.54 Å². The number of nitrogens with zero attached hydrogens (tertiary/aromatic N) is 1. The van der Waals surface area contributed by atoms with Gasteiger partial charge in [0.1, 0.15) is 17.8 Å². The molecule has 0 atom stereocenters. The molecule has 1 aromatic rings. The second-order valence-corrected chi connectivity index (χ2v) is 4.31. The van der Waals surface area contributed by atoms with Gasteiger partial charge < -0.3 is 14.3 Å². The van der Waals surface area contributed by atoms with Gasteiger partial charge in [-0.05, 0) is 43.7 Å². The molecule has 0 saturated heterocycles. The second kappa shape index (κ2) is 7.01. The maximum absolute atomic E-state index is 10.4. The first-order valence-corrected chi connectivity index (χ1v) is 5.96. The topological polar surface area (TPSA) is 38.8 Å². The molecule has 1 rings (SSSR count). The molecule has 0 bridgehead atoms. The van der Waals surface area contributed by atoms with Gasteiger partial charge in [0.05, 0.1) is 20.8 Å². The van der Waals surface area contributed by atoms with Crippen molar-refractivity contribution in [2.75, 3.05) is 34.4 Å². The Morgan fingerprint density at radius 3 is 2.44 bits per heavy atom. The number of benzene rings is 1. The number of ether oxygens (including phenoxy) is 2. The van der Waals surface area contributed by atoms with Crippen LogP contribution in [0.4, 0.5) is 0 Å². The molecular weight excluding hydrogens is 230 g/mol. The van der Waals surface area contributed by atoms with E-state index in [0.717, 1.165) is 41.9 Å². The molecule has 0 amide bonds. The molecule has 18 heavy (non-hydrogen) atoms. The fourth-order valence-electron chi connectivity index (χ4n) is 1.84. The lowest BCUT2D eigenvalue weighted by Gasteiger charge is -2.16. The van der Waals surface area contributed by atoms with E-state index in [-0.39, 0.29) is 0 Å². The highest BCUT2D eigenvalue weighted by atomic mass is 16.5. The van der Waals surface area contributed by atoms with Crippen molar-refractivity contribution in [2.24, 2.45) is 0 Å². The minimum Gasteiger partial charge on any atom is -0.496 e. The monoisotopic (exact) mass is 251 g/mol. The summed E-state index contributed by atoms with van der Waals surface area (Å²) >= 11 is 0. The van der Waals surface area contributed by atoms with Crippen molar-refractivity contribution in [3.05, 3.63) is 23.3 Å². The number of rotatable bonds is 7. The number of methoxy groups -OCH3 is 2. The van der Waals surface area contributed by atoms with E-state index in [0.29, 0.717) is 6.54 Å². The lowest BCUT2D eigenvalue weighted by Crippen LogP contribution is -2.23. The summed E-state index contributed by atoms with van der Waals surface area (Å²) in [6, 6.07) is 3.98. The Bertz CT molecular complexity index is 404. The van der Waals surface area contributed by atoms with Crippen LogP contribution >= 0.6 is 0 Å². The first-order chi connectivity index (χ1) is 8.62. The van der Waals surface area contributed by atoms with Crippen molar-refractivity contribution in [2.45, 2.75) is 13.3 Å². The van der Waals surface area contributed by atoms with Gasteiger partial charge in [-0.2, -0.15) is 0 Å². The van der Waals surface area contributed by atoms with E-state index in [1.165, 1.54) is 0 Å². The van der Waals surface area contributed by atoms with Crippen LogP contribution in [-0.4, -0.2) is 45.5 Å². The standard InChI is InChI=1S/C14H21NO3/c1-11-9-14(18-4)12(10-13(11)17-3)5-6-15(2)7-8-16/h8-10H,5-7H2,1-4H3. The van der Waals surface area contributed by atoms with Gasteiger partial charge in [-0.15, -0.1) is 0 Å². The van der Waals surface area contributed by atoms with Crippen LogP contribution in [0.2, 0.25) is 0 Å². The Labute approximate surface area is 108 Å². The highest BCUT2D eigenvalue weighted by molar-refractivity contribution is 5.52. The van der Waals surface area contributed by atoms with Crippen LogP contribution < -0.4 is 9.47 Å². The molecule has 4 heteroatoms. The molecule has 100 valence electrons. The number of hydrogen-bond donors (Lipinski definition) is 0. The van der Waals surface area contributed by atoms with Crippen molar-refractivity contribution in [3.63, 3.8) is 0 Å². The van der Waals surface area contributed by atoms with Gasteiger partial charge in [-0.25, -0.2) is 0 Å². The molecule has 4 nitrogen and oxygen atoms in total. The maximum Gasteiger partial charge on any atom is 0.133 e. The number of carbonyl (C=O) groups excluding carboxylic acids is 1. The van der Waals surface area contributed by atoms with Crippen LogP contribution in [0.25, 0.3) is 0 Å². The SMILES string of the molecule is COc1cc(CCN(C)CC=O)c(OC)cc1C. The predicted octanol–water partition coefficient (Wildman–Crippen LogP) is 1.69. The molecule has 0 radical (unpaired) electrons. The van der Waals surface area contributed by atoms with Gasteiger partial charge in [0.15, 0.2) is 0 Å². The Hall–Kier alpha value is -1.55. The van der Waals surface area contributed by atoms with E-state index in [1.807, 2.05) is 31.0 Å². The summed E-state index contributed by atoms with van der Waals surface area (Å²) < 4.78 is 10.7. The Morgan fingerprint density at radius 2 is 1.89 bits per heavy atom. The Morgan fingerprint density at radius 1 is 1.22 bits per heavy atom. The normalized spacial score (nSPS) is 10.5. The number of aryl methyl sites for hydroxylation is 1. The van der Waals surface area contributed by atoms with Gasteiger partial charge in [0.25, 0.3) is 0 Å². The Kier molecular flexibility index (Phi) is 5.65. The summed E-state index contributed by atoms with van der Waals surface area (Å²) in [6.07, 6.45) is 1.73. The molecule has 0 heterocycles. The van der Waals surface area contributed by atoms with E-state index >= 15 is 0 Å². The first kappa shape index (κ1) is 14.5. The average Bonchev–Trinajstić information content (AvgIpc) is 2.37. The van der Waals surface area contributed by atoms with E-state index in [4.69, 9.17) is 9.47 Å². The molecule has 0 aromatic heterocycles. The molecule has 0 fully saturated rings. The quantitative estimate of drug-likeness (QED) is 0.691. The van der Waals surface area contributed by atoms with Crippen molar-refractivity contribution in [3.8, 4) is 11.5 Å². The molecule has 0 unspecified atom stereocenters. The molecule has 1 aromatic carbocycles. The summed E-state index contributed by atoms with van der Waals surface area (Å²) in [5, 5.41) is 0. The summed E-state index contributed by atoms with van der Waals surface area (Å²) in [6.45, 7) is 3.25. The summed E-state index contributed by atoms with van der Waals surface area (Å²) in [5.41, 5.74) is 2.15. The number of carbonyl (C=O) groups is 1. The zero-order valence-electron chi connectivity index (χ0n) is 11.5. The fourth-order valence-corrected chi connectivity index (χ4v) is 1.84. The van der Waals surface area contributed by atoms with Crippen molar-refractivity contribution < 1.29 is 14.3 Å². The first-order valence-electron chi connectivity index (χ1n) is 5.96.